The number of hydrogen-bond acceptors (Lipinski definition) is 5. The van der Waals surface area contributed by atoms with Crippen LogP contribution in [0.1, 0.15) is 37.7 Å². The van der Waals surface area contributed by atoms with Gasteiger partial charge in [-0.05, 0) is 50.3 Å². The Morgan fingerprint density at radius 1 is 1.19 bits per heavy atom. The largest absolute Gasteiger partial charge is 0.469 e. The van der Waals surface area contributed by atoms with Gasteiger partial charge in [0.1, 0.15) is 0 Å². The molecule has 0 aromatic heterocycles. The highest BCUT2D eigenvalue weighted by atomic mass is 16.5. The predicted molar refractivity (Wildman–Crippen MR) is 102 cm³/mol. The summed E-state index contributed by atoms with van der Waals surface area (Å²) in [6.07, 6.45) is 5.44. The van der Waals surface area contributed by atoms with E-state index in [1.54, 1.807) is 7.11 Å². The fraction of sp³-hybridized carbons (Fsp3) is 0.682. The van der Waals surface area contributed by atoms with E-state index in [2.05, 4.69) is 34.5 Å². The van der Waals surface area contributed by atoms with Crippen molar-refractivity contribution >= 4 is 11.7 Å². The van der Waals surface area contributed by atoms with Crippen LogP contribution in [0.3, 0.4) is 0 Å². The van der Waals surface area contributed by atoms with Crippen LogP contribution in [-0.2, 0) is 19.7 Å². The number of anilines is 1. The van der Waals surface area contributed by atoms with Crippen molar-refractivity contribution in [2.75, 3.05) is 32.6 Å². The number of rotatable bonds is 2. The molecule has 1 aromatic rings. The third kappa shape index (κ3) is 1.57. The zero-order chi connectivity index (χ0) is 18.4. The highest BCUT2D eigenvalue weighted by molar-refractivity contribution is 5.80. The van der Waals surface area contributed by atoms with Gasteiger partial charge in [-0.1, -0.05) is 18.2 Å². The molecule has 6 aliphatic rings. The first-order valence-corrected chi connectivity index (χ1v) is 10.4. The number of hydrogen-bond donors (Lipinski definition) is 1. The van der Waals surface area contributed by atoms with Gasteiger partial charge in [-0.15, -0.1) is 0 Å². The van der Waals surface area contributed by atoms with Gasteiger partial charge < -0.3 is 14.8 Å². The maximum absolute atomic E-state index is 13.1. The van der Waals surface area contributed by atoms with E-state index < -0.39 is 0 Å². The van der Waals surface area contributed by atoms with Crippen molar-refractivity contribution in [1.82, 2.24) is 4.90 Å². The lowest BCUT2D eigenvalue weighted by Crippen LogP contribution is -2.79. The highest BCUT2D eigenvalue weighted by Gasteiger charge is 2.80. The molecule has 0 amide bonds. The number of nitrogens with one attached hydrogen (secondary N) is 1. The Balaban J connectivity index is 1.64. The van der Waals surface area contributed by atoms with Crippen LogP contribution >= 0.6 is 0 Å². The fourth-order valence-corrected chi connectivity index (χ4v) is 8.33. The average Bonchev–Trinajstić information content (AvgIpc) is 3.25. The van der Waals surface area contributed by atoms with E-state index in [9.17, 15) is 4.79 Å². The van der Waals surface area contributed by atoms with Crippen LogP contribution in [-0.4, -0.2) is 55.9 Å². The molecule has 5 heteroatoms. The molecule has 2 saturated heterocycles. The molecule has 144 valence electrons. The third-order valence-electron chi connectivity index (χ3n) is 8.99. The lowest BCUT2D eigenvalue weighted by Gasteiger charge is -2.70. The van der Waals surface area contributed by atoms with Gasteiger partial charge in [0, 0.05) is 36.2 Å². The number of piperidine rings is 1. The molecule has 7 rings (SSSR count). The second-order valence-corrected chi connectivity index (χ2v) is 9.33. The number of esters is 1. The summed E-state index contributed by atoms with van der Waals surface area (Å²) in [5.74, 6) is -0.165. The van der Waals surface area contributed by atoms with Gasteiger partial charge in [0.2, 0.25) is 0 Å². The number of fused-ring (bicyclic) bond motifs is 3. The Morgan fingerprint density at radius 2 is 2.04 bits per heavy atom. The molecule has 3 aliphatic carbocycles. The molecule has 6 atom stereocenters. The normalized spacial score (nSPS) is 46.4. The number of para-hydroxylation sites is 1. The minimum atomic E-state index is -0.222. The summed E-state index contributed by atoms with van der Waals surface area (Å²) in [5, 5.41) is 3.92. The fourth-order valence-electron chi connectivity index (χ4n) is 8.33. The number of ether oxygens (including phenoxy) is 2. The van der Waals surface area contributed by atoms with Crippen LogP contribution in [0, 0.1) is 11.3 Å². The Kier molecular flexibility index (Phi) is 3.07. The van der Waals surface area contributed by atoms with Crippen molar-refractivity contribution < 1.29 is 14.3 Å². The zero-order valence-corrected chi connectivity index (χ0v) is 16.2. The topological polar surface area (TPSA) is 50.8 Å². The van der Waals surface area contributed by atoms with Gasteiger partial charge in [-0.3, -0.25) is 9.69 Å². The van der Waals surface area contributed by atoms with Crippen LogP contribution < -0.4 is 5.32 Å². The van der Waals surface area contributed by atoms with Gasteiger partial charge in [0.25, 0.3) is 0 Å². The maximum Gasteiger partial charge on any atom is 0.311 e. The smallest absolute Gasteiger partial charge is 0.311 e. The standard InChI is InChI=1S/C22H28N2O3/c1-26-17-7-11-24-12-10-21-14-5-3-4-6-16(14)23-22(21)9-8-20(17,19(21)24)13-15(22)18(25)27-2/h3-6,15,17,19,23H,7-13H2,1-2H3. The van der Waals surface area contributed by atoms with Gasteiger partial charge >= 0.3 is 5.97 Å². The molecule has 5 fully saturated rings. The quantitative estimate of drug-likeness (QED) is 0.813. The van der Waals surface area contributed by atoms with Crippen LogP contribution in [0.5, 0.6) is 0 Å². The number of nitrogens with zero attached hydrogens (tertiary/aromatic N) is 1. The van der Waals surface area contributed by atoms with Crippen molar-refractivity contribution in [2.24, 2.45) is 11.3 Å². The molecular formula is C22H28N2O3. The van der Waals surface area contributed by atoms with Gasteiger partial charge in [0.15, 0.2) is 0 Å². The molecule has 0 radical (unpaired) electrons. The van der Waals surface area contributed by atoms with Gasteiger partial charge in [-0.25, -0.2) is 0 Å². The predicted octanol–water partition coefficient (Wildman–Crippen LogP) is 2.55. The summed E-state index contributed by atoms with van der Waals surface area (Å²) in [6, 6.07) is 9.23. The molecule has 6 unspecified atom stereocenters. The minimum absolute atomic E-state index is 0.0177. The molecule has 5 nitrogen and oxygen atoms in total. The molecule has 3 saturated carbocycles. The van der Waals surface area contributed by atoms with Gasteiger partial charge in [0.05, 0.1) is 24.7 Å². The Hall–Kier alpha value is -1.59. The van der Waals surface area contributed by atoms with Crippen LogP contribution in [0.25, 0.3) is 0 Å². The molecule has 1 N–H and O–H groups in total. The van der Waals surface area contributed by atoms with Crippen molar-refractivity contribution in [3.8, 4) is 0 Å². The van der Waals surface area contributed by atoms with E-state index in [0.717, 1.165) is 45.2 Å². The minimum Gasteiger partial charge on any atom is -0.469 e. The first kappa shape index (κ1) is 16.4. The number of carbonyl (C=O) groups is 1. The third-order valence-corrected chi connectivity index (χ3v) is 8.99. The Bertz CT molecular complexity index is 828. The van der Waals surface area contributed by atoms with Crippen LogP contribution in [0.4, 0.5) is 5.69 Å². The summed E-state index contributed by atoms with van der Waals surface area (Å²) in [5.41, 5.74) is 2.46. The molecule has 27 heavy (non-hydrogen) atoms. The molecular weight excluding hydrogens is 340 g/mol. The molecule has 3 heterocycles. The first-order valence-electron chi connectivity index (χ1n) is 10.4. The molecule has 2 bridgehead atoms. The maximum atomic E-state index is 13.1. The number of carbonyl (C=O) groups excluding carboxylic acids is 1. The van der Waals surface area contributed by atoms with Crippen molar-refractivity contribution in [2.45, 2.75) is 55.2 Å². The van der Waals surface area contributed by atoms with Gasteiger partial charge in [-0.2, -0.15) is 0 Å². The Labute approximate surface area is 160 Å². The Morgan fingerprint density at radius 3 is 2.85 bits per heavy atom. The van der Waals surface area contributed by atoms with E-state index in [1.165, 1.54) is 11.3 Å². The molecule has 3 spiro atoms. The summed E-state index contributed by atoms with van der Waals surface area (Å²) in [6.45, 7) is 2.22. The van der Waals surface area contributed by atoms with Crippen molar-refractivity contribution in [3.63, 3.8) is 0 Å². The van der Waals surface area contributed by atoms with Crippen LogP contribution in [0.15, 0.2) is 24.3 Å². The summed E-state index contributed by atoms with van der Waals surface area (Å²) in [7, 11) is 3.40. The van der Waals surface area contributed by atoms with Crippen molar-refractivity contribution in [3.05, 3.63) is 29.8 Å². The molecule has 3 aliphatic heterocycles. The lowest BCUT2D eigenvalue weighted by atomic mass is 9.38. The summed E-state index contributed by atoms with van der Waals surface area (Å²) in [4.78, 5) is 15.8. The lowest BCUT2D eigenvalue weighted by molar-refractivity contribution is -0.201. The zero-order valence-electron chi connectivity index (χ0n) is 16.2. The van der Waals surface area contributed by atoms with E-state index in [1.807, 2.05) is 7.11 Å². The monoisotopic (exact) mass is 368 g/mol. The van der Waals surface area contributed by atoms with Crippen LogP contribution in [0.2, 0.25) is 0 Å². The number of methoxy groups -OCH3 is 2. The highest BCUT2D eigenvalue weighted by Crippen LogP contribution is 2.74. The van der Waals surface area contributed by atoms with E-state index in [4.69, 9.17) is 9.47 Å². The second kappa shape index (κ2) is 5.06. The van der Waals surface area contributed by atoms with E-state index in [-0.39, 0.29) is 34.4 Å². The summed E-state index contributed by atoms with van der Waals surface area (Å²) >= 11 is 0. The summed E-state index contributed by atoms with van der Waals surface area (Å²) < 4.78 is 11.5. The average molecular weight is 368 g/mol. The van der Waals surface area contributed by atoms with E-state index >= 15 is 0 Å². The first-order chi connectivity index (χ1) is 13.1. The van der Waals surface area contributed by atoms with Crippen molar-refractivity contribution in [1.29, 1.82) is 0 Å². The number of benzene rings is 1. The second-order valence-electron chi connectivity index (χ2n) is 9.33. The SMILES string of the molecule is COC(=O)C1CC23CCC14Nc1ccccc1C41CCN(CCC2OC)C31. The van der Waals surface area contributed by atoms with E-state index in [0.29, 0.717) is 6.04 Å². The molecule has 1 aromatic carbocycles.